The molecule has 16 heavy (non-hydrogen) atoms. The lowest BCUT2D eigenvalue weighted by molar-refractivity contribution is 0.182. The van der Waals surface area contributed by atoms with Crippen LogP contribution in [0.4, 0.5) is 0 Å². The Kier molecular flexibility index (Phi) is 3.96. The highest BCUT2D eigenvalue weighted by Gasteiger charge is 2.18. The fourth-order valence-electron chi connectivity index (χ4n) is 2.30. The third-order valence-electron chi connectivity index (χ3n) is 3.35. The molecule has 4 heteroatoms. The Morgan fingerprint density at radius 3 is 3.19 bits per heavy atom. The highest BCUT2D eigenvalue weighted by Crippen LogP contribution is 2.19. The molecule has 90 valence electrons. The van der Waals surface area contributed by atoms with Gasteiger partial charge in [-0.3, -0.25) is 4.68 Å². The number of aryl methyl sites for hydroxylation is 2. The molecule has 2 unspecified atom stereocenters. The lowest BCUT2D eigenvalue weighted by Crippen LogP contribution is -2.24. The van der Waals surface area contributed by atoms with Crippen molar-refractivity contribution in [1.29, 1.82) is 0 Å². The van der Waals surface area contributed by atoms with Crippen LogP contribution in [0.3, 0.4) is 0 Å². The lowest BCUT2D eigenvalue weighted by atomic mass is 9.96. The molecule has 4 nitrogen and oxygen atoms in total. The molecule has 0 spiro atoms. The summed E-state index contributed by atoms with van der Waals surface area (Å²) in [5.41, 5.74) is 7.40. The third kappa shape index (κ3) is 3.06. The van der Waals surface area contributed by atoms with Crippen molar-refractivity contribution in [3.8, 4) is 0 Å². The van der Waals surface area contributed by atoms with Crippen molar-refractivity contribution in [3.05, 3.63) is 18.0 Å². The van der Waals surface area contributed by atoms with Crippen LogP contribution in [0.25, 0.3) is 0 Å². The minimum Gasteiger partial charge on any atom is -0.381 e. The van der Waals surface area contributed by atoms with Crippen molar-refractivity contribution in [2.24, 2.45) is 18.7 Å². The first-order valence-electron chi connectivity index (χ1n) is 6.06. The van der Waals surface area contributed by atoms with Crippen molar-refractivity contribution in [1.82, 2.24) is 9.78 Å². The summed E-state index contributed by atoms with van der Waals surface area (Å²) in [4.78, 5) is 0. The summed E-state index contributed by atoms with van der Waals surface area (Å²) in [6.45, 7) is 1.82. The first-order chi connectivity index (χ1) is 7.75. The molecular weight excluding hydrogens is 202 g/mol. The van der Waals surface area contributed by atoms with Crippen LogP contribution in [0.1, 0.15) is 25.0 Å². The minimum atomic E-state index is 0.293. The summed E-state index contributed by atoms with van der Waals surface area (Å²) in [7, 11) is 1.98. The van der Waals surface area contributed by atoms with Gasteiger partial charge in [-0.15, -0.1) is 0 Å². The van der Waals surface area contributed by atoms with Gasteiger partial charge in [-0.25, -0.2) is 0 Å². The Morgan fingerprint density at radius 1 is 1.69 bits per heavy atom. The molecule has 1 fully saturated rings. The zero-order valence-corrected chi connectivity index (χ0v) is 9.93. The molecule has 1 aliphatic rings. The molecule has 0 saturated carbocycles. The zero-order valence-electron chi connectivity index (χ0n) is 9.93. The standard InChI is InChI=1S/C12H21N3O/c1-15-12(4-6-14-15)3-2-11(13)8-10-5-7-16-9-10/h4,6,10-11H,2-3,5,7-9,13H2,1H3. The van der Waals surface area contributed by atoms with E-state index in [9.17, 15) is 0 Å². The Bertz CT molecular complexity index is 318. The van der Waals surface area contributed by atoms with E-state index in [2.05, 4.69) is 11.2 Å². The van der Waals surface area contributed by atoms with Crippen LogP contribution in [0.2, 0.25) is 0 Å². The van der Waals surface area contributed by atoms with E-state index in [0.29, 0.717) is 12.0 Å². The van der Waals surface area contributed by atoms with E-state index in [-0.39, 0.29) is 0 Å². The normalized spacial score (nSPS) is 22.5. The Hall–Kier alpha value is -0.870. The van der Waals surface area contributed by atoms with Gasteiger partial charge in [-0.05, 0) is 37.7 Å². The van der Waals surface area contributed by atoms with Gasteiger partial charge < -0.3 is 10.5 Å². The molecule has 0 aromatic carbocycles. The maximum atomic E-state index is 6.13. The molecule has 2 heterocycles. The number of nitrogens with zero attached hydrogens (tertiary/aromatic N) is 2. The van der Waals surface area contributed by atoms with Crippen LogP contribution >= 0.6 is 0 Å². The number of ether oxygens (including phenoxy) is 1. The van der Waals surface area contributed by atoms with Gasteiger partial charge in [0, 0.05) is 38.2 Å². The zero-order chi connectivity index (χ0) is 11.4. The average molecular weight is 223 g/mol. The van der Waals surface area contributed by atoms with E-state index < -0.39 is 0 Å². The van der Waals surface area contributed by atoms with Gasteiger partial charge in [0.25, 0.3) is 0 Å². The number of aromatic nitrogens is 2. The van der Waals surface area contributed by atoms with Crippen LogP contribution in [0.15, 0.2) is 12.3 Å². The van der Waals surface area contributed by atoms with E-state index in [4.69, 9.17) is 10.5 Å². The SMILES string of the molecule is Cn1nccc1CCC(N)CC1CCOC1. The van der Waals surface area contributed by atoms with E-state index in [1.165, 1.54) is 12.1 Å². The minimum absolute atomic E-state index is 0.293. The Morgan fingerprint density at radius 2 is 2.56 bits per heavy atom. The maximum Gasteiger partial charge on any atom is 0.0495 e. The van der Waals surface area contributed by atoms with E-state index >= 15 is 0 Å². The molecule has 1 aromatic heterocycles. The van der Waals surface area contributed by atoms with Crippen molar-refractivity contribution >= 4 is 0 Å². The van der Waals surface area contributed by atoms with Crippen molar-refractivity contribution in [2.45, 2.75) is 31.7 Å². The second-order valence-corrected chi connectivity index (χ2v) is 4.71. The Labute approximate surface area is 96.8 Å². The van der Waals surface area contributed by atoms with Crippen LogP contribution in [-0.4, -0.2) is 29.0 Å². The second kappa shape index (κ2) is 5.46. The monoisotopic (exact) mass is 223 g/mol. The average Bonchev–Trinajstić information content (AvgIpc) is 2.87. The summed E-state index contributed by atoms with van der Waals surface area (Å²) < 4.78 is 7.28. The summed E-state index contributed by atoms with van der Waals surface area (Å²) in [5, 5.41) is 4.15. The van der Waals surface area contributed by atoms with Crippen molar-refractivity contribution in [3.63, 3.8) is 0 Å². The Balaban J connectivity index is 1.71. The van der Waals surface area contributed by atoms with Crippen LogP contribution in [0, 0.1) is 5.92 Å². The first-order valence-corrected chi connectivity index (χ1v) is 6.06. The van der Waals surface area contributed by atoms with Gasteiger partial charge in [-0.2, -0.15) is 5.10 Å². The van der Waals surface area contributed by atoms with Gasteiger partial charge >= 0.3 is 0 Å². The molecule has 0 amide bonds. The van der Waals surface area contributed by atoms with Gasteiger partial charge in [-0.1, -0.05) is 0 Å². The van der Waals surface area contributed by atoms with Crippen LogP contribution < -0.4 is 5.73 Å². The van der Waals surface area contributed by atoms with Gasteiger partial charge in [0.2, 0.25) is 0 Å². The highest BCUT2D eigenvalue weighted by atomic mass is 16.5. The smallest absolute Gasteiger partial charge is 0.0495 e. The number of nitrogens with two attached hydrogens (primary N) is 1. The van der Waals surface area contributed by atoms with E-state index in [0.717, 1.165) is 32.5 Å². The molecule has 1 aliphatic heterocycles. The number of hydrogen-bond donors (Lipinski definition) is 1. The first kappa shape index (κ1) is 11.6. The molecule has 2 atom stereocenters. The predicted octanol–water partition coefficient (Wildman–Crippen LogP) is 1.11. The number of rotatable bonds is 5. The topological polar surface area (TPSA) is 53.1 Å². The molecule has 1 aromatic rings. The second-order valence-electron chi connectivity index (χ2n) is 4.71. The molecule has 2 N–H and O–H groups in total. The molecular formula is C12H21N3O. The van der Waals surface area contributed by atoms with Crippen molar-refractivity contribution < 1.29 is 4.74 Å². The molecule has 1 saturated heterocycles. The van der Waals surface area contributed by atoms with E-state index in [1.807, 2.05) is 17.9 Å². The molecule has 0 radical (unpaired) electrons. The van der Waals surface area contributed by atoms with Crippen molar-refractivity contribution in [2.75, 3.05) is 13.2 Å². The fraction of sp³-hybridized carbons (Fsp3) is 0.750. The largest absolute Gasteiger partial charge is 0.381 e. The summed E-state index contributed by atoms with van der Waals surface area (Å²) in [6.07, 6.45) is 6.17. The predicted molar refractivity (Wildman–Crippen MR) is 63.0 cm³/mol. The highest BCUT2D eigenvalue weighted by molar-refractivity contribution is 5.00. The molecule has 0 bridgehead atoms. The lowest BCUT2D eigenvalue weighted by Gasteiger charge is -2.15. The maximum absolute atomic E-state index is 6.13. The summed E-state index contributed by atoms with van der Waals surface area (Å²) in [5.74, 6) is 0.682. The fourth-order valence-corrected chi connectivity index (χ4v) is 2.30. The summed E-state index contributed by atoms with van der Waals surface area (Å²) in [6, 6.07) is 2.35. The van der Waals surface area contributed by atoms with Gasteiger partial charge in [0.05, 0.1) is 0 Å². The third-order valence-corrected chi connectivity index (χ3v) is 3.35. The molecule has 2 rings (SSSR count). The van der Waals surface area contributed by atoms with Gasteiger partial charge in [0.1, 0.15) is 0 Å². The quantitative estimate of drug-likeness (QED) is 0.813. The van der Waals surface area contributed by atoms with E-state index in [1.54, 1.807) is 0 Å². The summed E-state index contributed by atoms with van der Waals surface area (Å²) >= 11 is 0. The van der Waals surface area contributed by atoms with Crippen LogP contribution in [-0.2, 0) is 18.2 Å². The van der Waals surface area contributed by atoms with Gasteiger partial charge in [0.15, 0.2) is 0 Å². The van der Waals surface area contributed by atoms with Crippen LogP contribution in [0.5, 0.6) is 0 Å². The number of hydrogen-bond acceptors (Lipinski definition) is 3. The molecule has 0 aliphatic carbocycles.